The molecule has 1 rings (SSSR count). The van der Waals surface area contributed by atoms with Gasteiger partial charge in [-0.2, -0.15) is 0 Å². The lowest BCUT2D eigenvalue weighted by Gasteiger charge is -2.32. The van der Waals surface area contributed by atoms with Crippen molar-refractivity contribution in [1.29, 1.82) is 0 Å². The van der Waals surface area contributed by atoms with Gasteiger partial charge in [-0.1, -0.05) is 34.6 Å². The minimum atomic E-state index is -0.551. The van der Waals surface area contributed by atoms with Crippen LogP contribution in [0.4, 0.5) is 4.79 Å². The van der Waals surface area contributed by atoms with Crippen LogP contribution in [0.15, 0.2) is 0 Å². The number of nitrogens with one attached hydrogen (secondary N) is 1. The van der Waals surface area contributed by atoms with Gasteiger partial charge in [0.15, 0.2) is 0 Å². The van der Waals surface area contributed by atoms with E-state index in [1.165, 1.54) is 7.11 Å². The quantitative estimate of drug-likeness (QED) is 0.861. The van der Waals surface area contributed by atoms with Gasteiger partial charge in [0.1, 0.15) is 6.04 Å². The average Bonchev–Trinajstić information content (AvgIpc) is 2.76. The van der Waals surface area contributed by atoms with Gasteiger partial charge in [-0.15, -0.1) is 0 Å². The fourth-order valence-electron chi connectivity index (χ4n) is 2.85. The molecule has 3 atom stereocenters. The van der Waals surface area contributed by atoms with Gasteiger partial charge >= 0.3 is 6.09 Å². The lowest BCUT2D eigenvalue weighted by molar-refractivity contribution is -0.136. The van der Waals surface area contributed by atoms with E-state index in [2.05, 4.69) is 30.8 Å². The monoisotopic (exact) mass is 284 g/mol. The summed E-state index contributed by atoms with van der Waals surface area (Å²) in [6.45, 7) is 11.1. The number of amides is 2. The van der Waals surface area contributed by atoms with E-state index in [9.17, 15) is 9.59 Å². The average molecular weight is 284 g/mol. The van der Waals surface area contributed by atoms with E-state index in [4.69, 9.17) is 0 Å². The number of nitrogens with zero attached hydrogens (tertiary/aromatic N) is 1. The number of methoxy groups -OCH3 is 1. The molecule has 0 aromatic carbocycles. The first-order valence-electron chi connectivity index (χ1n) is 7.42. The molecule has 1 fully saturated rings. The third-order valence-electron chi connectivity index (χ3n) is 4.00. The van der Waals surface area contributed by atoms with E-state index in [1.54, 1.807) is 0 Å². The summed E-state index contributed by atoms with van der Waals surface area (Å²) in [7, 11) is 1.31. The molecule has 0 aliphatic carbocycles. The summed E-state index contributed by atoms with van der Waals surface area (Å²) in [5.41, 5.74) is 0. The Morgan fingerprint density at radius 1 is 1.25 bits per heavy atom. The SMILES string of the molecule is COC(=O)NC(C(=O)N1C[C@@H](C)C[C@H]1C(C)C)C(C)C. The Morgan fingerprint density at radius 3 is 2.30 bits per heavy atom. The fourth-order valence-corrected chi connectivity index (χ4v) is 2.85. The molecule has 20 heavy (non-hydrogen) atoms. The highest BCUT2D eigenvalue weighted by atomic mass is 16.5. The number of ether oxygens (including phenoxy) is 1. The van der Waals surface area contributed by atoms with Crippen LogP contribution in [0.3, 0.4) is 0 Å². The number of hydrogen-bond acceptors (Lipinski definition) is 3. The molecule has 1 N–H and O–H groups in total. The molecule has 0 bridgehead atoms. The Kier molecular flexibility index (Phi) is 5.84. The molecule has 1 unspecified atom stereocenters. The van der Waals surface area contributed by atoms with Crippen molar-refractivity contribution in [2.75, 3.05) is 13.7 Å². The molecule has 1 aliphatic rings. The summed E-state index contributed by atoms with van der Waals surface area (Å²) in [6, 6.07) is -0.257. The predicted molar refractivity (Wildman–Crippen MR) is 78.3 cm³/mol. The van der Waals surface area contributed by atoms with Crippen LogP contribution >= 0.6 is 0 Å². The molecule has 2 amide bonds. The van der Waals surface area contributed by atoms with Gasteiger partial charge in [0, 0.05) is 12.6 Å². The van der Waals surface area contributed by atoms with Gasteiger partial charge in [-0.05, 0) is 24.2 Å². The van der Waals surface area contributed by atoms with Gasteiger partial charge in [-0.3, -0.25) is 4.79 Å². The number of alkyl carbamates (subject to hydrolysis) is 1. The third-order valence-corrected chi connectivity index (χ3v) is 4.00. The molecule has 0 aromatic heterocycles. The molecule has 0 spiro atoms. The first-order chi connectivity index (χ1) is 9.27. The van der Waals surface area contributed by atoms with Gasteiger partial charge < -0.3 is 15.0 Å². The summed E-state index contributed by atoms with van der Waals surface area (Å²) in [6.07, 6.45) is 0.484. The highest BCUT2D eigenvalue weighted by Gasteiger charge is 2.39. The first-order valence-corrected chi connectivity index (χ1v) is 7.42. The van der Waals surface area contributed by atoms with Crippen molar-refractivity contribution in [3.8, 4) is 0 Å². The molecule has 1 saturated heterocycles. The Hall–Kier alpha value is -1.26. The minimum Gasteiger partial charge on any atom is -0.453 e. The van der Waals surface area contributed by atoms with Crippen molar-refractivity contribution in [3.05, 3.63) is 0 Å². The molecular weight excluding hydrogens is 256 g/mol. The fraction of sp³-hybridized carbons (Fsp3) is 0.867. The topological polar surface area (TPSA) is 58.6 Å². The van der Waals surface area contributed by atoms with Gasteiger partial charge in [0.2, 0.25) is 5.91 Å². The predicted octanol–water partition coefficient (Wildman–Crippen LogP) is 2.26. The molecule has 0 saturated carbocycles. The van der Waals surface area contributed by atoms with Crippen LogP contribution in [0.1, 0.15) is 41.0 Å². The van der Waals surface area contributed by atoms with Gasteiger partial charge in [0.25, 0.3) is 0 Å². The summed E-state index contributed by atoms with van der Waals surface area (Å²) in [4.78, 5) is 26.1. The molecule has 5 heteroatoms. The second kappa shape index (κ2) is 6.95. The maximum absolute atomic E-state index is 12.8. The normalized spacial score (nSPS) is 24.1. The Labute approximate surface area is 122 Å². The molecular formula is C15H28N2O3. The van der Waals surface area contributed by atoms with Crippen LogP contribution in [0.2, 0.25) is 0 Å². The van der Waals surface area contributed by atoms with Crippen molar-refractivity contribution < 1.29 is 14.3 Å². The zero-order chi connectivity index (χ0) is 15.4. The van der Waals surface area contributed by atoms with Crippen LogP contribution < -0.4 is 5.32 Å². The number of rotatable bonds is 4. The zero-order valence-corrected chi connectivity index (χ0v) is 13.5. The number of carbonyl (C=O) groups is 2. The lowest BCUT2D eigenvalue weighted by Crippen LogP contribution is -2.53. The largest absolute Gasteiger partial charge is 0.453 e. The Bertz CT molecular complexity index is 355. The summed E-state index contributed by atoms with van der Waals surface area (Å²) in [5.74, 6) is 0.978. The second-order valence-corrected chi connectivity index (χ2v) is 6.50. The van der Waals surface area contributed by atoms with Crippen molar-refractivity contribution in [3.63, 3.8) is 0 Å². The number of hydrogen-bond donors (Lipinski definition) is 1. The first kappa shape index (κ1) is 16.8. The third kappa shape index (κ3) is 3.87. The maximum Gasteiger partial charge on any atom is 0.407 e. The summed E-state index contributed by atoms with van der Waals surface area (Å²) in [5, 5.41) is 2.66. The minimum absolute atomic E-state index is 0.00782. The van der Waals surface area contributed by atoms with E-state index in [0.717, 1.165) is 13.0 Å². The van der Waals surface area contributed by atoms with E-state index in [1.807, 2.05) is 18.7 Å². The van der Waals surface area contributed by atoms with Crippen LogP contribution in [-0.2, 0) is 9.53 Å². The van der Waals surface area contributed by atoms with Crippen LogP contribution in [0.25, 0.3) is 0 Å². The van der Waals surface area contributed by atoms with Crippen molar-refractivity contribution in [1.82, 2.24) is 10.2 Å². The molecule has 116 valence electrons. The highest BCUT2D eigenvalue weighted by molar-refractivity contribution is 5.86. The van der Waals surface area contributed by atoms with E-state index in [0.29, 0.717) is 11.8 Å². The highest BCUT2D eigenvalue weighted by Crippen LogP contribution is 2.29. The number of carbonyl (C=O) groups excluding carboxylic acids is 2. The van der Waals surface area contributed by atoms with Gasteiger partial charge in [-0.25, -0.2) is 4.79 Å². The smallest absolute Gasteiger partial charge is 0.407 e. The van der Waals surface area contributed by atoms with Gasteiger partial charge in [0.05, 0.1) is 7.11 Å². The zero-order valence-electron chi connectivity index (χ0n) is 13.5. The second-order valence-electron chi connectivity index (χ2n) is 6.50. The van der Waals surface area contributed by atoms with Crippen LogP contribution in [0, 0.1) is 17.8 Å². The van der Waals surface area contributed by atoms with E-state index < -0.39 is 12.1 Å². The molecule has 0 radical (unpaired) electrons. The molecule has 1 aliphatic heterocycles. The van der Waals surface area contributed by atoms with E-state index in [-0.39, 0.29) is 17.9 Å². The molecule has 5 nitrogen and oxygen atoms in total. The van der Waals surface area contributed by atoms with Crippen molar-refractivity contribution in [2.24, 2.45) is 17.8 Å². The molecule has 0 aromatic rings. The van der Waals surface area contributed by atoms with Crippen molar-refractivity contribution >= 4 is 12.0 Å². The lowest BCUT2D eigenvalue weighted by atomic mass is 9.97. The Balaban J connectivity index is 2.85. The number of likely N-dealkylation sites (tertiary alicyclic amines) is 1. The van der Waals surface area contributed by atoms with Crippen LogP contribution in [0.5, 0.6) is 0 Å². The standard InChI is InChI=1S/C15H28N2O3/c1-9(2)12-7-11(5)8-17(12)14(18)13(10(3)4)16-15(19)20-6/h9-13H,7-8H2,1-6H3,(H,16,19)/t11-,12-,13?/m0/s1. The summed E-state index contributed by atoms with van der Waals surface area (Å²) < 4.78 is 4.62. The van der Waals surface area contributed by atoms with Crippen LogP contribution in [-0.4, -0.2) is 42.6 Å². The van der Waals surface area contributed by atoms with E-state index >= 15 is 0 Å². The Morgan fingerprint density at radius 2 is 1.85 bits per heavy atom. The summed E-state index contributed by atoms with van der Waals surface area (Å²) >= 11 is 0. The maximum atomic E-state index is 12.8. The van der Waals surface area contributed by atoms with Crippen molar-refractivity contribution in [2.45, 2.75) is 53.1 Å². The molecule has 1 heterocycles.